The number of hydrogen-bond donors (Lipinski definition) is 2. The van der Waals surface area contributed by atoms with Crippen LogP contribution in [0.15, 0.2) is 24.5 Å². The number of rotatable bonds is 4. The molecule has 1 aromatic heterocycles. The van der Waals surface area contributed by atoms with Gasteiger partial charge in [0.2, 0.25) is 5.95 Å². The van der Waals surface area contributed by atoms with Gasteiger partial charge in [0.05, 0.1) is 0 Å². The zero-order chi connectivity index (χ0) is 13.8. The molecule has 0 fully saturated rings. The number of hydrogen-bond acceptors (Lipinski definition) is 4. The molecule has 6 nitrogen and oxygen atoms in total. The maximum atomic E-state index is 12.1. The lowest BCUT2D eigenvalue weighted by Gasteiger charge is -2.09. The smallest absolute Gasteiger partial charge is 0.258 e. The highest BCUT2D eigenvalue weighted by atomic mass is 16.1. The first kappa shape index (κ1) is 13.1. The third-order valence-electron chi connectivity index (χ3n) is 2.79. The van der Waals surface area contributed by atoms with E-state index in [2.05, 4.69) is 20.7 Å². The SMILES string of the molecule is CCNc1ccc(C(=O)Nc2ncnn2C)cc1C. The first-order chi connectivity index (χ1) is 9.11. The van der Waals surface area contributed by atoms with Crippen molar-refractivity contribution in [3.05, 3.63) is 35.7 Å². The Bertz CT molecular complexity index is 590. The standard InChI is InChI=1S/C13H17N5O/c1-4-14-11-6-5-10(7-9(11)2)12(19)17-13-15-8-16-18(13)3/h5-8,14H,4H2,1-3H3,(H,15,16,17,19). The van der Waals surface area contributed by atoms with Crippen LogP contribution in [0.4, 0.5) is 11.6 Å². The topological polar surface area (TPSA) is 71.8 Å². The molecule has 0 aliphatic carbocycles. The third kappa shape index (κ3) is 2.90. The number of aryl methyl sites for hydroxylation is 2. The molecule has 0 unspecified atom stereocenters. The Morgan fingerprint density at radius 1 is 1.42 bits per heavy atom. The summed E-state index contributed by atoms with van der Waals surface area (Å²) in [6.07, 6.45) is 1.40. The van der Waals surface area contributed by atoms with E-state index in [9.17, 15) is 4.79 Å². The van der Waals surface area contributed by atoms with Gasteiger partial charge in [-0.25, -0.2) is 4.68 Å². The fourth-order valence-corrected chi connectivity index (χ4v) is 1.78. The number of amides is 1. The molecule has 0 saturated heterocycles. The van der Waals surface area contributed by atoms with Crippen molar-refractivity contribution in [2.45, 2.75) is 13.8 Å². The Labute approximate surface area is 111 Å². The van der Waals surface area contributed by atoms with Gasteiger partial charge in [-0.1, -0.05) is 0 Å². The van der Waals surface area contributed by atoms with Crippen molar-refractivity contribution in [1.82, 2.24) is 14.8 Å². The van der Waals surface area contributed by atoms with Gasteiger partial charge in [-0.05, 0) is 37.6 Å². The van der Waals surface area contributed by atoms with E-state index in [0.717, 1.165) is 17.8 Å². The number of nitrogens with one attached hydrogen (secondary N) is 2. The Kier molecular flexibility index (Phi) is 3.79. The molecule has 0 spiro atoms. The fraction of sp³-hybridized carbons (Fsp3) is 0.308. The Balaban J connectivity index is 2.16. The molecule has 100 valence electrons. The summed E-state index contributed by atoms with van der Waals surface area (Å²) < 4.78 is 1.51. The molecular formula is C13H17N5O. The van der Waals surface area contributed by atoms with E-state index >= 15 is 0 Å². The van der Waals surface area contributed by atoms with Crippen molar-refractivity contribution < 1.29 is 4.79 Å². The number of benzene rings is 1. The minimum absolute atomic E-state index is 0.192. The summed E-state index contributed by atoms with van der Waals surface area (Å²) in [6, 6.07) is 5.55. The third-order valence-corrected chi connectivity index (χ3v) is 2.79. The van der Waals surface area contributed by atoms with Gasteiger partial charge in [-0.15, -0.1) is 0 Å². The minimum atomic E-state index is -0.192. The molecule has 0 aliphatic rings. The number of carbonyl (C=O) groups is 1. The fourth-order valence-electron chi connectivity index (χ4n) is 1.78. The van der Waals surface area contributed by atoms with Crippen molar-refractivity contribution in [3.63, 3.8) is 0 Å². The average molecular weight is 259 g/mol. The Morgan fingerprint density at radius 3 is 2.79 bits per heavy atom. The van der Waals surface area contributed by atoms with Gasteiger partial charge in [0, 0.05) is 24.8 Å². The molecule has 1 heterocycles. The van der Waals surface area contributed by atoms with Gasteiger partial charge in [0.15, 0.2) is 0 Å². The van der Waals surface area contributed by atoms with E-state index in [1.807, 2.05) is 26.0 Å². The summed E-state index contributed by atoms with van der Waals surface area (Å²) in [5.41, 5.74) is 2.67. The lowest BCUT2D eigenvalue weighted by molar-refractivity contribution is 0.102. The van der Waals surface area contributed by atoms with E-state index < -0.39 is 0 Å². The summed E-state index contributed by atoms with van der Waals surface area (Å²) in [5.74, 6) is 0.237. The zero-order valence-electron chi connectivity index (χ0n) is 11.3. The second-order valence-corrected chi connectivity index (χ2v) is 4.22. The quantitative estimate of drug-likeness (QED) is 0.878. The predicted octanol–water partition coefficient (Wildman–Crippen LogP) is 1.81. The van der Waals surface area contributed by atoms with E-state index in [0.29, 0.717) is 11.5 Å². The molecule has 19 heavy (non-hydrogen) atoms. The van der Waals surface area contributed by atoms with Crippen molar-refractivity contribution in [1.29, 1.82) is 0 Å². The van der Waals surface area contributed by atoms with Crippen LogP contribution in [0.3, 0.4) is 0 Å². The van der Waals surface area contributed by atoms with Crippen molar-refractivity contribution in [2.75, 3.05) is 17.2 Å². The van der Waals surface area contributed by atoms with Gasteiger partial charge < -0.3 is 5.32 Å². The van der Waals surface area contributed by atoms with Gasteiger partial charge in [-0.3, -0.25) is 10.1 Å². The highest BCUT2D eigenvalue weighted by Crippen LogP contribution is 2.17. The number of anilines is 2. The molecule has 1 aromatic carbocycles. The van der Waals surface area contributed by atoms with Crippen LogP contribution in [0.2, 0.25) is 0 Å². The molecule has 0 aliphatic heterocycles. The van der Waals surface area contributed by atoms with Crippen molar-refractivity contribution >= 4 is 17.5 Å². The summed E-state index contributed by atoms with van der Waals surface area (Å²) >= 11 is 0. The molecule has 2 rings (SSSR count). The normalized spacial score (nSPS) is 10.3. The molecular weight excluding hydrogens is 242 g/mol. The average Bonchev–Trinajstić information content (AvgIpc) is 2.78. The van der Waals surface area contributed by atoms with Crippen LogP contribution in [0.5, 0.6) is 0 Å². The van der Waals surface area contributed by atoms with Crippen LogP contribution < -0.4 is 10.6 Å². The molecule has 0 saturated carbocycles. The Hall–Kier alpha value is -2.37. The summed E-state index contributed by atoms with van der Waals surface area (Å²) in [7, 11) is 1.72. The van der Waals surface area contributed by atoms with Crippen LogP contribution in [0.25, 0.3) is 0 Å². The largest absolute Gasteiger partial charge is 0.385 e. The second-order valence-electron chi connectivity index (χ2n) is 4.22. The van der Waals surface area contributed by atoms with E-state index in [4.69, 9.17) is 0 Å². The van der Waals surface area contributed by atoms with Gasteiger partial charge in [0.25, 0.3) is 5.91 Å². The highest BCUT2D eigenvalue weighted by molar-refractivity contribution is 6.03. The van der Waals surface area contributed by atoms with Crippen molar-refractivity contribution in [2.24, 2.45) is 7.05 Å². The van der Waals surface area contributed by atoms with Crippen molar-refractivity contribution in [3.8, 4) is 0 Å². The molecule has 6 heteroatoms. The number of nitrogens with zero attached hydrogens (tertiary/aromatic N) is 3. The minimum Gasteiger partial charge on any atom is -0.385 e. The lowest BCUT2D eigenvalue weighted by atomic mass is 10.1. The van der Waals surface area contributed by atoms with Crippen LogP contribution in [0, 0.1) is 6.92 Å². The van der Waals surface area contributed by atoms with Gasteiger partial charge >= 0.3 is 0 Å². The summed E-state index contributed by atoms with van der Waals surface area (Å²) in [4.78, 5) is 16.0. The van der Waals surface area contributed by atoms with Gasteiger partial charge in [-0.2, -0.15) is 10.1 Å². The van der Waals surface area contributed by atoms with E-state index in [-0.39, 0.29) is 5.91 Å². The van der Waals surface area contributed by atoms with Crippen LogP contribution in [-0.2, 0) is 7.05 Å². The predicted molar refractivity (Wildman–Crippen MR) is 74.3 cm³/mol. The molecule has 0 radical (unpaired) electrons. The number of carbonyl (C=O) groups excluding carboxylic acids is 1. The first-order valence-corrected chi connectivity index (χ1v) is 6.11. The first-order valence-electron chi connectivity index (χ1n) is 6.11. The molecule has 0 bridgehead atoms. The summed E-state index contributed by atoms with van der Waals surface area (Å²) in [5, 5.41) is 9.85. The maximum absolute atomic E-state index is 12.1. The maximum Gasteiger partial charge on any atom is 0.258 e. The highest BCUT2D eigenvalue weighted by Gasteiger charge is 2.10. The second kappa shape index (κ2) is 5.51. The zero-order valence-corrected chi connectivity index (χ0v) is 11.3. The van der Waals surface area contributed by atoms with E-state index in [1.54, 1.807) is 13.1 Å². The molecule has 2 aromatic rings. The van der Waals surface area contributed by atoms with E-state index in [1.165, 1.54) is 11.0 Å². The lowest BCUT2D eigenvalue weighted by Crippen LogP contribution is -2.15. The number of aromatic nitrogens is 3. The molecule has 0 atom stereocenters. The Morgan fingerprint density at radius 2 is 2.21 bits per heavy atom. The van der Waals surface area contributed by atoms with Gasteiger partial charge in [0.1, 0.15) is 6.33 Å². The summed E-state index contributed by atoms with van der Waals surface area (Å²) in [6.45, 7) is 4.86. The molecule has 1 amide bonds. The van der Waals surface area contributed by atoms with Crippen LogP contribution in [0.1, 0.15) is 22.8 Å². The monoisotopic (exact) mass is 259 g/mol. The van der Waals surface area contributed by atoms with Crippen LogP contribution in [-0.4, -0.2) is 27.2 Å². The molecule has 2 N–H and O–H groups in total. The van der Waals surface area contributed by atoms with Crippen LogP contribution >= 0.6 is 0 Å².